The lowest BCUT2D eigenvalue weighted by atomic mass is 10.1. The lowest BCUT2D eigenvalue weighted by Gasteiger charge is -2.13. The molecule has 3 heteroatoms. The standard InChI is InChI=1S/C13H14O3/c1-15-11-7-5-10(6-8-11)13(14)12-4-2-3-9-16-12/h4-8H,2-3,9H2,1H3. The van der Waals surface area contributed by atoms with E-state index in [0.29, 0.717) is 17.9 Å². The third-order valence-corrected chi connectivity index (χ3v) is 2.51. The van der Waals surface area contributed by atoms with Crippen LogP contribution in [0.4, 0.5) is 0 Å². The highest BCUT2D eigenvalue weighted by molar-refractivity contribution is 6.07. The van der Waals surface area contributed by atoms with Crippen molar-refractivity contribution in [3.63, 3.8) is 0 Å². The molecule has 0 atom stereocenters. The van der Waals surface area contributed by atoms with Crippen LogP contribution in [0.1, 0.15) is 23.2 Å². The zero-order chi connectivity index (χ0) is 11.4. The number of ketones is 1. The molecule has 1 aromatic carbocycles. The molecule has 0 amide bonds. The van der Waals surface area contributed by atoms with Gasteiger partial charge in [0.05, 0.1) is 13.7 Å². The van der Waals surface area contributed by atoms with E-state index in [2.05, 4.69) is 0 Å². The molecule has 0 saturated heterocycles. The molecular formula is C13H14O3. The highest BCUT2D eigenvalue weighted by atomic mass is 16.5. The van der Waals surface area contributed by atoms with Crippen LogP contribution >= 0.6 is 0 Å². The van der Waals surface area contributed by atoms with Crippen molar-refractivity contribution in [2.45, 2.75) is 12.8 Å². The number of Topliss-reactive ketones (excluding diaryl/α,β-unsaturated/α-hetero) is 1. The first-order valence-electron chi connectivity index (χ1n) is 5.33. The summed E-state index contributed by atoms with van der Waals surface area (Å²) in [5.74, 6) is 1.16. The largest absolute Gasteiger partial charge is 0.497 e. The van der Waals surface area contributed by atoms with Crippen LogP contribution < -0.4 is 4.74 Å². The van der Waals surface area contributed by atoms with Gasteiger partial charge in [0, 0.05) is 5.56 Å². The predicted octanol–water partition coefficient (Wildman–Crippen LogP) is 2.57. The molecule has 84 valence electrons. The van der Waals surface area contributed by atoms with E-state index in [1.54, 1.807) is 31.4 Å². The minimum absolute atomic E-state index is 0.0534. The fourth-order valence-electron chi connectivity index (χ4n) is 1.60. The van der Waals surface area contributed by atoms with E-state index in [0.717, 1.165) is 18.6 Å². The fraction of sp³-hybridized carbons (Fsp3) is 0.308. The molecule has 3 nitrogen and oxygen atoms in total. The Balaban J connectivity index is 2.16. The topological polar surface area (TPSA) is 35.5 Å². The Morgan fingerprint density at radius 1 is 1.31 bits per heavy atom. The van der Waals surface area contributed by atoms with Crippen LogP contribution in [-0.4, -0.2) is 19.5 Å². The van der Waals surface area contributed by atoms with Crippen LogP contribution in [0, 0.1) is 0 Å². The van der Waals surface area contributed by atoms with Gasteiger partial charge in [0.2, 0.25) is 5.78 Å². The molecule has 0 bridgehead atoms. The molecule has 0 aliphatic carbocycles. The van der Waals surface area contributed by atoms with Gasteiger partial charge < -0.3 is 9.47 Å². The van der Waals surface area contributed by atoms with Crippen molar-refractivity contribution in [3.05, 3.63) is 41.7 Å². The second-order valence-electron chi connectivity index (χ2n) is 3.62. The van der Waals surface area contributed by atoms with Gasteiger partial charge in [0.1, 0.15) is 5.75 Å². The molecule has 0 spiro atoms. The van der Waals surface area contributed by atoms with Crippen molar-refractivity contribution < 1.29 is 14.3 Å². The summed E-state index contributed by atoms with van der Waals surface area (Å²) in [5, 5.41) is 0. The van der Waals surface area contributed by atoms with Crippen molar-refractivity contribution in [2.24, 2.45) is 0 Å². The quantitative estimate of drug-likeness (QED) is 0.731. The number of hydrogen-bond acceptors (Lipinski definition) is 3. The highest BCUT2D eigenvalue weighted by Crippen LogP contribution is 2.18. The molecule has 0 radical (unpaired) electrons. The minimum Gasteiger partial charge on any atom is -0.497 e. The number of ether oxygens (including phenoxy) is 2. The number of carbonyl (C=O) groups is 1. The second kappa shape index (κ2) is 4.84. The Morgan fingerprint density at radius 3 is 2.62 bits per heavy atom. The summed E-state index contributed by atoms with van der Waals surface area (Å²) in [5.41, 5.74) is 0.633. The van der Waals surface area contributed by atoms with E-state index in [1.807, 2.05) is 6.08 Å². The third kappa shape index (κ3) is 2.24. The van der Waals surface area contributed by atoms with Gasteiger partial charge in [-0.3, -0.25) is 4.79 Å². The van der Waals surface area contributed by atoms with Gasteiger partial charge in [-0.1, -0.05) is 0 Å². The summed E-state index contributed by atoms with van der Waals surface area (Å²) in [6, 6.07) is 7.05. The molecular weight excluding hydrogens is 204 g/mol. The molecule has 0 aromatic heterocycles. The van der Waals surface area contributed by atoms with Gasteiger partial charge in [0.15, 0.2) is 5.76 Å². The number of methoxy groups -OCH3 is 1. The van der Waals surface area contributed by atoms with Gasteiger partial charge in [-0.25, -0.2) is 0 Å². The number of carbonyl (C=O) groups excluding carboxylic acids is 1. The van der Waals surface area contributed by atoms with Crippen LogP contribution in [0.3, 0.4) is 0 Å². The summed E-state index contributed by atoms with van der Waals surface area (Å²) < 4.78 is 10.4. The predicted molar refractivity (Wildman–Crippen MR) is 60.6 cm³/mol. The molecule has 0 fully saturated rings. The average Bonchev–Trinajstić information content (AvgIpc) is 2.39. The molecule has 1 aromatic rings. The van der Waals surface area contributed by atoms with Crippen molar-refractivity contribution in [1.29, 1.82) is 0 Å². The van der Waals surface area contributed by atoms with E-state index < -0.39 is 0 Å². The minimum atomic E-state index is -0.0534. The molecule has 2 rings (SSSR count). The van der Waals surface area contributed by atoms with Gasteiger partial charge in [-0.2, -0.15) is 0 Å². The monoisotopic (exact) mass is 218 g/mol. The highest BCUT2D eigenvalue weighted by Gasteiger charge is 2.15. The second-order valence-corrected chi connectivity index (χ2v) is 3.62. The lowest BCUT2D eigenvalue weighted by molar-refractivity contribution is 0.0899. The van der Waals surface area contributed by atoms with E-state index in [-0.39, 0.29) is 5.78 Å². The molecule has 1 heterocycles. The van der Waals surface area contributed by atoms with Crippen LogP contribution in [-0.2, 0) is 4.74 Å². The number of allylic oxidation sites excluding steroid dienone is 2. The first-order chi connectivity index (χ1) is 7.81. The molecule has 1 aliphatic heterocycles. The first-order valence-corrected chi connectivity index (χ1v) is 5.33. The third-order valence-electron chi connectivity index (χ3n) is 2.51. The average molecular weight is 218 g/mol. The van der Waals surface area contributed by atoms with Crippen LogP contribution in [0.2, 0.25) is 0 Å². The Kier molecular flexibility index (Phi) is 3.25. The molecule has 0 N–H and O–H groups in total. The van der Waals surface area contributed by atoms with Gasteiger partial charge in [-0.05, 0) is 43.2 Å². The molecule has 0 saturated carbocycles. The van der Waals surface area contributed by atoms with Crippen molar-refractivity contribution >= 4 is 5.78 Å². The normalized spacial score (nSPS) is 14.9. The maximum Gasteiger partial charge on any atom is 0.227 e. The first kappa shape index (κ1) is 10.7. The molecule has 1 aliphatic rings. The van der Waals surface area contributed by atoms with Crippen molar-refractivity contribution in [2.75, 3.05) is 13.7 Å². The van der Waals surface area contributed by atoms with Gasteiger partial charge in [0.25, 0.3) is 0 Å². The Hall–Kier alpha value is -1.77. The van der Waals surface area contributed by atoms with Crippen molar-refractivity contribution in [1.82, 2.24) is 0 Å². The summed E-state index contributed by atoms with van der Waals surface area (Å²) in [6.45, 7) is 0.633. The summed E-state index contributed by atoms with van der Waals surface area (Å²) >= 11 is 0. The maximum atomic E-state index is 12.0. The Labute approximate surface area is 94.7 Å². The summed E-state index contributed by atoms with van der Waals surface area (Å²) in [4.78, 5) is 12.0. The van der Waals surface area contributed by atoms with Crippen LogP contribution in [0.25, 0.3) is 0 Å². The van der Waals surface area contributed by atoms with E-state index in [4.69, 9.17) is 9.47 Å². The molecule has 16 heavy (non-hydrogen) atoms. The van der Waals surface area contributed by atoms with Gasteiger partial charge in [-0.15, -0.1) is 0 Å². The van der Waals surface area contributed by atoms with Crippen LogP contribution in [0.5, 0.6) is 5.75 Å². The molecule has 0 unspecified atom stereocenters. The zero-order valence-electron chi connectivity index (χ0n) is 9.23. The number of benzene rings is 1. The SMILES string of the molecule is COc1ccc(C(=O)C2=CCCCO2)cc1. The number of rotatable bonds is 3. The zero-order valence-corrected chi connectivity index (χ0v) is 9.23. The fourth-order valence-corrected chi connectivity index (χ4v) is 1.60. The Bertz CT molecular complexity index is 404. The summed E-state index contributed by atoms with van der Waals surface area (Å²) in [7, 11) is 1.60. The van der Waals surface area contributed by atoms with E-state index in [1.165, 1.54) is 0 Å². The smallest absolute Gasteiger partial charge is 0.227 e. The van der Waals surface area contributed by atoms with E-state index >= 15 is 0 Å². The Morgan fingerprint density at radius 2 is 2.06 bits per heavy atom. The number of hydrogen-bond donors (Lipinski definition) is 0. The van der Waals surface area contributed by atoms with E-state index in [9.17, 15) is 4.79 Å². The van der Waals surface area contributed by atoms with Crippen molar-refractivity contribution in [3.8, 4) is 5.75 Å². The summed E-state index contributed by atoms with van der Waals surface area (Å²) in [6.07, 6.45) is 3.76. The maximum absolute atomic E-state index is 12.0. The lowest BCUT2D eigenvalue weighted by Crippen LogP contribution is -2.11. The van der Waals surface area contributed by atoms with Crippen LogP contribution in [0.15, 0.2) is 36.1 Å². The van der Waals surface area contributed by atoms with Gasteiger partial charge >= 0.3 is 0 Å².